The Labute approximate surface area is 139 Å². The van der Waals surface area contributed by atoms with Gasteiger partial charge in [-0.15, -0.1) is 0 Å². The number of nitrogens with zero attached hydrogens (tertiary/aromatic N) is 4. The first-order chi connectivity index (χ1) is 11.2. The molecule has 0 bridgehead atoms. The minimum Gasteiger partial charge on any atom is -0.481 e. The van der Waals surface area contributed by atoms with E-state index < -0.39 is 15.9 Å². The highest BCUT2D eigenvalue weighted by Gasteiger charge is 2.31. The quantitative estimate of drug-likeness (QED) is 0.780. The maximum Gasteiger partial charge on any atom is 0.292 e. The van der Waals surface area contributed by atoms with Gasteiger partial charge in [-0.3, -0.25) is 9.48 Å². The van der Waals surface area contributed by atoms with Crippen LogP contribution < -0.4 is 13.8 Å². The average Bonchev–Trinajstić information content (AvgIpc) is 2.85. The zero-order valence-corrected chi connectivity index (χ0v) is 14.8. The summed E-state index contributed by atoms with van der Waals surface area (Å²) in [6.07, 6.45) is 0.921. The van der Waals surface area contributed by atoms with Gasteiger partial charge in [0.25, 0.3) is 5.91 Å². The number of hydrogen-bond acceptors (Lipinski definition) is 7. The van der Waals surface area contributed by atoms with Crippen LogP contribution in [-0.2, 0) is 17.1 Å². The van der Waals surface area contributed by atoms with Crippen LogP contribution >= 0.6 is 0 Å². The van der Waals surface area contributed by atoms with Gasteiger partial charge in [0.1, 0.15) is 5.69 Å². The minimum atomic E-state index is -3.95. The van der Waals surface area contributed by atoms with Crippen LogP contribution in [0.25, 0.3) is 0 Å². The van der Waals surface area contributed by atoms with Gasteiger partial charge >= 0.3 is 0 Å². The van der Waals surface area contributed by atoms with Crippen LogP contribution in [-0.4, -0.2) is 49.6 Å². The fourth-order valence-electron chi connectivity index (χ4n) is 2.04. The van der Waals surface area contributed by atoms with Gasteiger partial charge in [0.2, 0.25) is 21.8 Å². The van der Waals surface area contributed by atoms with Crippen LogP contribution in [0.3, 0.4) is 0 Å². The van der Waals surface area contributed by atoms with Gasteiger partial charge in [0, 0.05) is 18.8 Å². The SMILES string of the molecule is COc1ccc(N(C(=O)c2cc(C)n(C)n2)S(C)(=O)=O)c(OC)n1. The fourth-order valence-corrected chi connectivity index (χ4v) is 2.93. The molecule has 24 heavy (non-hydrogen) atoms. The van der Waals surface area contributed by atoms with E-state index in [1.54, 1.807) is 14.0 Å². The van der Waals surface area contributed by atoms with Gasteiger partial charge in [-0.25, -0.2) is 8.42 Å². The highest BCUT2D eigenvalue weighted by Crippen LogP contribution is 2.31. The molecule has 0 radical (unpaired) electrons. The van der Waals surface area contributed by atoms with Gasteiger partial charge in [-0.1, -0.05) is 0 Å². The molecule has 10 heteroatoms. The molecule has 0 saturated carbocycles. The highest BCUT2D eigenvalue weighted by atomic mass is 32.2. The van der Waals surface area contributed by atoms with Gasteiger partial charge in [0.15, 0.2) is 5.69 Å². The Kier molecular flexibility index (Phi) is 4.78. The molecule has 2 aromatic rings. The van der Waals surface area contributed by atoms with E-state index in [4.69, 9.17) is 9.47 Å². The molecule has 0 N–H and O–H groups in total. The maximum absolute atomic E-state index is 12.7. The van der Waals surface area contributed by atoms with Crippen molar-refractivity contribution >= 4 is 21.6 Å². The smallest absolute Gasteiger partial charge is 0.292 e. The molecule has 130 valence electrons. The number of sulfonamides is 1. The molecule has 0 atom stereocenters. The lowest BCUT2D eigenvalue weighted by Crippen LogP contribution is -2.37. The Morgan fingerprint density at radius 3 is 2.38 bits per heavy atom. The van der Waals surface area contributed by atoms with Gasteiger partial charge in [-0.2, -0.15) is 14.4 Å². The molecule has 0 aliphatic carbocycles. The summed E-state index contributed by atoms with van der Waals surface area (Å²) >= 11 is 0. The lowest BCUT2D eigenvalue weighted by Gasteiger charge is -2.21. The Bertz CT molecular complexity index is 856. The molecule has 2 aromatic heterocycles. The van der Waals surface area contributed by atoms with Gasteiger partial charge in [-0.05, 0) is 19.1 Å². The van der Waals surface area contributed by atoms with Crippen LogP contribution in [0.4, 0.5) is 5.69 Å². The second-order valence-corrected chi connectivity index (χ2v) is 6.84. The van der Waals surface area contributed by atoms with Gasteiger partial charge < -0.3 is 9.47 Å². The number of pyridine rings is 1. The first-order valence-electron chi connectivity index (χ1n) is 6.83. The molecule has 0 saturated heterocycles. The molecule has 0 fully saturated rings. The predicted octanol–water partition coefficient (Wildman–Crippen LogP) is 0.747. The van der Waals surface area contributed by atoms with Crippen molar-refractivity contribution in [1.82, 2.24) is 14.8 Å². The van der Waals surface area contributed by atoms with Crippen LogP contribution in [0.5, 0.6) is 11.8 Å². The lowest BCUT2D eigenvalue weighted by atomic mass is 10.3. The zero-order valence-electron chi connectivity index (χ0n) is 14.0. The maximum atomic E-state index is 12.7. The van der Waals surface area contributed by atoms with Crippen molar-refractivity contribution in [2.45, 2.75) is 6.92 Å². The first kappa shape index (κ1) is 17.7. The number of aryl methyl sites for hydroxylation is 2. The van der Waals surface area contributed by atoms with E-state index in [0.29, 0.717) is 10.00 Å². The highest BCUT2D eigenvalue weighted by molar-refractivity contribution is 7.92. The van der Waals surface area contributed by atoms with Crippen molar-refractivity contribution in [3.63, 3.8) is 0 Å². The number of rotatable bonds is 5. The molecule has 0 unspecified atom stereocenters. The summed E-state index contributed by atoms with van der Waals surface area (Å²) < 4.78 is 36.6. The molecular formula is C14H18N4O5S. The third-order valence-electron chi connectivity index (χ3n) is 3.28. The van der Waals surface area contributed by atoms with E-state index in [2.05, 4.69) is 10.1 Å². The summed E-state index contributed by atoms with van der Waals surface area (Å²) in [5, 5.41) is 4.03. The van der Waals surface area contributed by atoms with Crippen molar-refractivity contribution < 1.29 is 22.7 Å². The monoisotopic (exact) mass is 354 g/mol. The Morgan fingerprint density at radius 2 is 1.92 bits per heavy atom. The lowest BCUT2D eigenvalue weighted by molar-refractivity contribution is 0.0999. The second-order valence-electron chi connectivity index (χ2n) is 5.01. The van der Waals surface area contributed by atoms with E-state index in [1.807, 2.05) is 0 Å². The number of ether oxygens (including phenoxy) is 2. The van der Waals surface area contributed by atoms with E-state index in [1.165, 1.54) is 37.1 Å². The number of amides is 1. The van der Waals surface area contributed by atoms with Crippen LogP contribution in [0.15, 0.2) is 18.2 Å². The molecule has 0 spiro atoms. The molecular weight excluding hydrogens is 336 g/mol. The Morgan fingerprint density at radius 1 is 1.25 bits per heavy atom. The summed E-state index contributed by atoms with van der Waals surface area (Å²) in [5.41, 5.74) is 0.694. The molecule has 2 rings (SSSR count). The number of hydrogen-bond donors (Lipinski definition) is 0. The number of carbonyl (C=O) groups excluding carboxylic acids is 1. The molecule has 0 aliphatic heterocycles. The normalized spacial score (nSPS) is 11.2. The summed E-state index contributed by atoms with van der Waals surface area (Å²) in [4.78, 5) is 16.8. The van der Waals surface area contributed by atoms with Crippen LogP contribution in [0.1, 0.15) is 16.2 Å². The standard InChI is InChI=1S/C14H18N4O5S/c1-9-8-10(16-17(9)2)14(19)18(24(5,20)21)11-6-7-12(22-3)15-13(11)23-4/h6-8H,1-5H3. The summed E-state index contributed by atoms with van der Waals surface area (Å²) in [7, 11) is 0.447. The Balaban J connectivity index is 2.60. The fraction of sp³-hybridized carbons (Fsp3) is 0.357. The summed E-state index contributed by atoms with van der Waals surface area (Å²) in [5.74, 6) is -0.627. The molecule has 9 nitrogen and oxygen atoms in total. The van der Waals surface area contributed by atoms with E-state index in [-0.39, 0.29) is 23.1 Å². The van der Waals surface area contributed by atoms with Crippen molar-refractivity contribution in [2.24, 2.45) is 7.05 Å². The number of methoxy groups -OCH3 is 2. The number of carbonyl (C=O) groups is 1. The zero-order chi connectivity index (χ0) is 18.1. The van der Waals surface area contributed by atoms with E-state index in [0.717, 1.165) is 6.26 Å². The van der Waals surface area contributed by atoms with Crippen molar-refractivity contribution in [2.75, 3.05) is 24.8 Å². The predicted molar refractivity (Wildman–Crippen MR) is 86.9 cm³/mol. The van der Waals surface area contributed by atoms with Crippen molar-refractivity contribution in [3.8, 4) is 11.8 Å². The molecule has 2 heterocycles. The second kappa shape index (κ2) is 6.48. The topological polar surface area (TPSA) is 104 Å². The minimum absolute atomic E-state index is 0.00158. The molecule has 0 aliphatic rings. The van der Waals surface area contributed by atoms with Crippen LogP contribution in [0.2, 0.25) is 0 Å². The third-order valence-corrected chi connectivity index (χ3v) is 4.31. The largest absolute Gasteiger partial charge is 0.481 e. The summed E-state index contributed by atoms with van der Waals surface area (Å²) in [6, 6.07) is 4.33. The van der Waals surface area contributed by atoms with Crippen molar-refractivity contribution in [3.05, 3.63) is 29.6 Å². The first-order valence-corrected chi connectivity index (χ1v) is 8.68. The Hall–Kier alpha value is -2.62. The third kappa shape index (κ3) is 3.32. The van der Waals surface area contributed by atoms with Crippen LogP contribution in [0, 0.1) is 6.92 Å². The molecule has 1 amide bonds. The van der Waals surface area contributed by atoms with E-state index in [9.17, 15) is 13.2 Å². The summed E-state index contributed by atoms with van der Waals surface area (Å²) in [6.45, 7) is 1.75. The number of anilines is 1. The van der Waals surface area contributed by atoms with Gasteiger partial charge in [0.05, 0.1) is 20.5 Å². The van der Waals surface area contributed by atoms with Crippen molar-refractivity contribution in [1.29, 1.82) is 0 Å². The molecule has 0 aromatic carbocycles. The van der Waals surface area contributed by atoms with E-state index >= 15 is 0 Å². The number of aromatic nitrogens is 3. The average molecular weight is 354 g/mol.